The third-order valence-electron chi connectivity index (χ3n) is 1.59. The topological polar surface area (TPSA) is 37.6 Å². The zero-order valence-electron chi connectivity index (χ0n) is 5.65. The van der Waals surface area contributed by atoms with Crippen LogP contribution in [0.5, 0.6) is 0 Å². The van der Waals surface area contributed by atoms with Crippen molar-refractivity contribution in [1.82, 2.24) is 4.98 Å². The summed E-state index contributed by atoms with van der Waals surface area (Å²) in [5.74, 6) is 0.773. The molecule has 2 rings (SSSR count). The number of aromatic nitrogens is 1. The van der Waals surface area contributed by atoms with Crippen molar-refractivity contribution in [2.45, 2.75) is 13.0 Å². The van der Waals surface area contributed by atoms with Crippen LogP contribution >= 0.6 is 0 Å². The van der Waals surface area contributed by atoms with Crippen LogP contribution in [0.15, 0.2) is 28.6 Å². The fraction of sp³-hybridized carbons (Fsp3) is 0.286. The zero-order chi connectivity index (χ0) is 6.97. The van der Waals surface area contributed by atoms with Gasteiger partial charge in [-0.3, -0.25) is 0 Å². The van der Waals surface area contributed by atoms with Gasteiger partial charge in [-0.1, -0.05) is 6.07 Å². The molecule has 0 saturated carbocycles. The van der Waals surface area contributed by atoms with Crippen molar-refractivity contribution < 1.29 is 0 Å². The van der Waals surface area contributed by atoms with E-state index in [2.05, 4.69) is 15.2 Å². The first kappa shape index (κ1) is 5.53. The molecule has 1 atom stereocenters. The van der Waals surface area contributed by atoms with Crippen LogP contribution in [-0.2, 0) is 0 Å². The van der Waals surface area contributed by atoms with Crippen molar-refractivity contribution >= 4 is 5.82 Å². The standard InChI is InChI=1S/C7H7N3/c1-5-6-3-2-4-8-7(6)10-9-5/h2-5H,1H3. The van der Waals surface area contributed by atoms with Crippen LogP contribution in [0.4, 0.5) is 5.82 Å². The normalized spacial score (nSPS) is 21.1. The lowest BCUT2D eigenvalue weighted by Crippen LogP contribution is -1.83. The van der Waals surface area contributed by atoms with E-state index < -0.39 is 0 Å². The lowest BCUT2D eigenvalue weighted by Gasteiger charge is -1.96. The molecule has 1 unspecified atom stereocenters. The Morgan fingerprint density at radius 2 is 2.40 bits per heavy atom. The van der Waals surface area contributed by atoms with E-state index in [9.17, 15) is 0 Å². The summed E-state index contributed by atoms with van der Waals surface area (Å²) in [4.78, 5) is 4.05. The minimum Gasteiger partial charge on any atom is -0.235 e. The molecule has 50 valence electrons. The molecule has 10 heavy (non-hydrogen) atoms. The lowest BCUT2D eigenvalue weighted by molar-refractivity contribution is 0.811. The van der Waals surface area contributed by atoms with Crippen LogP contribution in [0.25, 0.3) is 0 Å². The second-order valence-corrected chi connectivity index (χ2v) is 2.31. The number of fused-ring (bicyclic) bond motifs is 1. The summed E-state index contributed by atoms with van der Waals surface area (Å²) in [5, 5.41) is 7.86. The van der Waals surface area contributed by atoms with E-state index in [-0.39, 0.29) is 6.04 Å². The summed E-state index contributed by atoms with van der Waals surface area (Å²) < 4.78 is 0. The quantitative estimate of drug-likeness (QED) is 0.534. The highest BCUT2D eigenvalue weighted by molar-refractivity contribution is 5.41. The molecule has 0 fully saturated rings. The molecule has 1 aliphatic rings. The van der Waals surface area contributed by atoms with Crippen LogP contribution in [0, 0.1) is 0 Å². The second kappa shape index (κ2) is 1.87. The Kier molecular flexibility index (Phi) is 1.03. The van der Waals surface area contributed by atoms with Crippen molar-refractivity contribution in [2.24, 2.45) is 10.2 Å². The fourth-order valence-electron chi connectivity index (χ4n) is 1.02. The molecule has 1 aromatic heterocycles. The van der Waals surface area contributed by atoms with Gasteiger partial charge in [0.15, 0.2) is 5.82 Å². The maximum absolute atomic E-state index is 4.05. The molecule has 0 saturated heterocycles. The molecule has 2 heterocycles. The molecule has 3 heteroatoms. The lowest BCUT2D eigenvalue weighted by atomic mass is 10.1. The zero-order valence-corrected chi connectivity index (χ0v) is 5.65. The van der Waals surface area contributed by atoms with Gasteiger partial charge in [0, 0.05) is 11.8 Å². The van der Waals surface area contributed by atoms with Crippen LogP contribution < -0.4 is 0 Å². The summed E-state index contributed by atoms with van der Waals surface area (Å²) >= 11 is 0. The van der Waals surface area contributed by atoms with Gasteiger partial charge >= 0.3 is 0 Å². The molecule has 3 nitrogen and oxygen atoms in total. The van der Waals surface area contributed by atoms with Crippen LogP contribution in [0.2, 0.25) is 0 Å². The fourth-order valence-corrected chi connectivity index (χ4v) is 1.02. The number of pyridine rings is 1. The van der Waals surface area contributed by atoms with E-state index in [4.69, 9.17) is 0 Å². The first-order valence-electron chi connectivity index (χ1n) is 3.23. The molecule has 1 aromatic rings. The molecule has 0 aromatic carbocycles. The van der Waals surface area contributed by atoms with Crippen molar-refractivity contribution in [3.8, 4) is 0 Å². The monoisotopic (exact) mass is 133 g/mol. The van der Waals surface area contributed by atoms with Gasteiger partial charge in [0.2, 0.25) is 0 Å². The molecule has 0 radical (unpaired) electrons. The summed E-state index contributed by atoms with van der Waals surface area (Å²) in [5.41, 5.74) is 1.13. The highest BCUT2D eigenvalue weighted by Gasteiger charge is 2.15. The Bertz CT molecular complexity index is 280. The number of rotatable bonds is 0. The van der Waals surface area contributed by atoms with Gasteiger partial charge in [0.1, 0.15) is 0 Å². The molecule has 0 spiro atoms. The van der Waals surface area contributed by atoms with Crippen LogP contribution in [0.1, 0.15) is 18.5 Å². The predicted octanol–water partition coefficient (Wildman–Crippen LogP) is 2.24. The molecular weight excluding hydrogens is 126 g/mol. The highest BCUT2D eigenvalue weighted by atomic mass is 15.2. The van der Waals surface area contributed by atoms with Crippen molar-refractivity contribution in [2.75, 3.05) is 0 Å². The minimum atomic E-state index is 0.198. The Labute approximate surface area is 58.8 Å². The Morgan fingerprint density at radius 1 is 1.50 bits per heavy atom. The SMILES string of the molecule is CC1N=Nc2ncccc21. The van der Waals surface area contributed by atoms with Crippen molar-refractivity contribution in [1.29, 1.82) is 0 Å². The maximum Gasteiger partial charge on any atom is 0.179 e. The summed E-state index contributed by atoms with van der Waals surface area (Å²) in [6, 6.07) is 4.11. The number of hydrogen-bond donors (Lipinski definition) is 0. The first-order valence-corrected chi connectivity index (χ1v) is 3.23. The van der Waals surface area contributed by atoms with Crippen LogP contribution in [0.3, 0.4) is 0 Å². The smallest absolute Gasteiger partial charge is 0.179 e. The predicted molar refractivity (Wildman–Crippen MR) is 37.2 cm³/mol. The number of hydrogen-bond acceptors (Lipinski definition) is 3. The molecule has 0 amide bonds. The Morgan fingerprint density at radius 3 is 3.20 bits per heavy atom. The number of azo groups is 1. The molecule has 0 aliphatic carbocycles. The van der Waals surface area contributed by atoms with Crippen LogP contribution in [-0.4, -0.2) is 4.98 Å². The summed E-state index contributed by atoms with van der Waals surface area (Å²) in [6.45, 7) is 2.01. The number of nitrogens with zero attached hydrogens (tertiary/aromatic N) is 3. The van der Waals surface area contributed by atoms with Gasteiger partial charge in [0.05, 0.1) is 6.04 Å². The first-order chi connectivity index (χ1) is 4.88. The van der Waals surface area contributed by atoms with E-state index >= 15 is 0 Å². The molecule has 0 N–H and O–H groups in total. The van der Waals surface area contributed by atoms with Gasteiger partial charge in [-0.05, 0) is 13.0 Å². The van der Waals surface area contributed by atoms with Gasteiger partial charge < -0.3 is 0 Å². The van der Waals surface area contributed by atoms with E-state index in [1.54, 1.807) is 6.20 Å². The second-order valence-electron chi connectivity index (χ2n) is 2.31. The van der Waals surface area contributed by atoms with Gasteiger partial charge in [0.25, 0.3) is 0 Å². The molecule has 0 bridgehead atoms. The Balaban J connectivity index is 2.59. The van der Waals surface area contributed by atoms with Crippen molar-refractivity contribution in [3.63, 3.8) is 0 Å². The average Bonchev–Trinajstić information content (AvgIpc) is 2.34. The summed E-state index contributed by atoms with van der Waals surface area (Å²) in [6.07, 6.45) is 1.73. The minimum absolute atomic E-state index is 0.198. The maximum atomic E-state index is 4.05. The molecule has 1 aliphatic heterocycles. The van der Waals surface area contributed by atoms with Crippen molar-refractivity contribution in [3.05, 3.63) is 23.9 Å². The largest absolute Gasteiger partial charge is 0.235 e. The molecular formula is C7H7N3. The summed E-state index contributed by atoms with van der Waals surface area (Å²) in [7, 11) is 0. The van der Waals surface area contributed by atoms with E-state index in [1.165, 1.54) is 0 Å². The average molecular weight is 133 g/mol. The third-order valence-corrected chi connectivity index (χ3v) is 1.59. The van der Waals surface area contributed by atoms with E-state index in [1.807, 2.05) is 19.1 Å². The van der Waals surface area contributed by atoms with Gasteiger partial charge in [-0.25, -0.2) is 4.98 Å². The van der Waals surface area contributed by atoms with E-state index in [0.717, 1.165) is 11.4 Å². The third kappa shape index (κ3) is 0.635. The Hall–Kier alpha value is -1.25. The van der Waals surface area contributed by atoms with Gasteiger partial charge in [-0.15, -0.1) is 5.11 Å². The van der Waals surface area contributed by atoms with Gasteiger partial charge in [-0.2, -0.15) is 5.11 Å². The van der Waals surface area contributed by atoms with E-state index in [0.29, 0.717) is 0 Å². The highest BCUT2D eigenvalue weighted by Crippen LogP contribution is 2.32.